The summed E-state index contributed by atoms with van der Waals surface area (Å²) in [5.74, 6) is -0.582. The van der Waals surface area contributed by atoms with E-state index >= 15 is 0 Å². The molecule has 0 bridgehead atoms. The SMILES string of the molecule is Cc1[nH]nc(C(=O)NC(C)C2CCCO2)c1S(N)(=O)=O. The van der Waals surface area contributed by atoms with Crippen molar-refractivity contribution in [1.82, 2.24) is 15.5 Å². The Bertz CT molecular complexity index is 604. The number of hydrogen-bond acceptors (Lipinski definition) is 5. The first kappa shape index (κ1) is 14.9. The molecule has 20 heavy (non-hydrogen) atoms. The summed E-state index contributed by atoms with van der Waals surface area (Å²) in [6.45, 7) is 3.98. The number of nitrogens with two attached hydrogens (primary N) is 1. The number of hydrogen-bond donors (Lipinski definition) is 3. The molecule has 2 atom stereocenters. The van der Waals surface area contributed by atoms with Crippen LogP contribution < -0.4 is 10.5 Å². The second-order valence-corrected chi connectivity index (χ2v) is 6.38. The van der Waals surface area contributed by atoms with Gasteiger partial charge in [0.15, 0.2) is 5.69 Å². The van der Waals surface area contributed by atoms with Gasteiger partial charge < -0.3 is 10.1 Å². The van der Waals surface area contributed by atoms with Crippen molar-refractivity contribution in [3.05, 3.63) is 11.4 Å². The third kappa shape index (κ3) is 3.00. The Morgan fingerprint density at radius 1 is 1.60 bits per heavy atom. The topological polar surface area (TPSA) is 127 Å². The molecule has 9 heteroatoms. The van der Waals surface area contributed by atoms with Crippen molar-refractivity contribution in [3.8, 4) is 0 Å². The highest BCUT2D eigenvalue weighted by Crippen LogP contribution is 2.18. The minimum Gasteiger partial charge on any atom is -0.376 e. The monoisotopic (exact) mass is 302 g/mol. The second-order valence-electron chi connectivity index (χ2n) is 4.88. The first-order valence-corrected chi connectivity index (χ1v) is 7.85. The van der Waals surface area contributed by atoms with E-state index in [0.717, 1.165) is 12.8 Å². The number of nitrogens with zero attached hydrogens (tertiary/aromatic N) is 1. The molecular formula is C11H18N4O4S. The number of carbonyl (C=O) groups excluding carboxylic acids is 1. The summed E-state index contributed by atoms with van der Waals surface area (Å²) in [5, 5.41) is 14.0. The first-order valence-electron chi connectivity index (χ1n) is 6.31. The van der Waals surface area contributed by atoms with Gasteiger partial charge in [-0.25, -0.2) is 13.6 Å². The van der Waals surface area contributed by atoms with E-state index in [0.29, 0.717) is 6.61 Å². The minimum absolute atomic E-state index is 0.0584. The van der Waals surface area contributed by atoms with Crippen LogP contribution in [-0.4, -0.2) is 43.3 Å². The molecule has 0 saturated carbocycles. The lowest BCUT2D eigenvalue weighted by Gasteiger charge is -2.19. The molecule has 4 N–H and O–H groups in total. The van der Waals surface area contributed by atoms with Gasteiger partial charge in [0, 0.05) is 6.61 Å². The molecule has 1 aliphatic heterocycles. The molecule has 8 nitrogen and oxygen atoms in total. The van der Waals surface area contributed by atoms with Crippen LogP contribution in [0.5, 0.6) is 0 Å². The van der Waals surface area contributed by atoms with E-state index in [-0.39, 0.29) is 28.4 Å². The van der Waals surface area contributed by atoms with Gasteiger partial charge in [-0.2, -0.15) is 5.10 Å². The predicted molar refractivity (Wildman–Crippen MR) is 70.6 cm³/mol. The van der Waals surface area contributed by atoms with E-state index in [2.05, 4.69) is 15.5 Å². The number of rotatable bonds is 4. The maximum atomic E-state index is 12.1. The van der Waals surface area contributed by atoms with Crippen molar-refractivity contribution in [1.29, 1.82) is 0 Å². The minimum atomic E-state index is -4.01. The van der Waals surface area contributed by atoms with Gasteiger partial charge in [0.2, 0.25) is 10.0 Å². The number of carbonyl (C=O) groups is 1. The summed E-state index contributed by atoms with van der Waals surface area (Å²) in [4.78, 5) is 11.9. The summed E-state index contributed by atoms with van der Waals surface area (Å²) in [6, 6.07) is -0.227. The number of aromatic amines is 1. The van der Waals surface area contributed by atoms with E-state index in [1.165, 1.54) is 6.92 Å². The average Bonchev–Trinajstić information content (AvgIpc) is 2.95. The zero-order chi connectivity index (χ0) is 14.9. The number of nitrogens with one attached hydrogen (secondary N) is 2. The standard InChI is InChI=1S/C11H18N4O4S/c1-6(8-4-3-5-19-8)13-11(16)9-10(20(12,17)18)7(2)14-15-9/h6,8H,3-5H2,1-2H3,(H,13,16)(H,14,15)(H2,12,17,18). The number of aromatic nitrogens is 2. The molecule has 112 valence electrons. The summed E-state index contributed by atoms with van der Waals surface area (Å²) < 4.78 is 28.5. The normalized spacial score (nSPS) is 20.9. The maximum absolute atomic E-state index is 12.1. The Morgan fingerprint density at radius 2 is 2.30 bits per heavy atom. The number of amides is 1. The van der Waals surface area contributed by atoms with E-state index in [4.69, 9.17) is 9.88 Å². The van der Waals surface area contributed by atoms with E-state index < -0.39 is 15.9 Å². The molecule has 0 radical (unpaired) electrons. The molecule has 2 unspecified atom stereocenters. The van der Waals surface area contributed by atoms with Gasteiger partial charge in [0.1, 0.15) is 4.90 Å². The highest BCUT2D eigenvalue weighted by Gasteiger charge is 2.29. The third-order valence-electron chi connectivity index (χ3n) is 3.27. The summed E-state index contributed by atoms with van der Waals surface area (Å²) in [6.07, 6.45) is 1.76. The molecule has 1 amide bonds. The smallest absolute Gasteiger partial charge is 0.273 e. The third-order valence-corrected chi connectivity index (χ3v) is 4.34. The summed E-state index contributed by atoms with van der Waals surface area (Å²) in [5.41, 5.74) is 0.0252. The lowest BCUT2D eigenvalue weighted by Crippen LogP contribution is -2.41. The summed E-state index contributed by atoms with van der Waals surface area (Å²) >= 11 is 0. The molecule has 1 fully saturated rings. The van der Waals surface area contributed by atoms with Crippen molar-refractivity contribution in [2.45, 2.75) is 43.7 Å². The van der Waals surface area contributed by atoms with Crippen molar-refractivity contribution in [2.24, 2.45) is 5.14 Å². The Hall–Kier alpha value is -1.45. The van der Waals surface area contributed by atoms with Crippen LogP contribution in [0, 0.1) is 6.92 Å². The van der Waals surface area contributed by atoms with Crippen LogP contribution >= 0.6 is 0 Å². The number of ether oxygens (including phenoxy) is 1. The molecule has 0 spiro atoms. The predicted octanol–water partition coefficient (Wildman–Crippen LogP) is -0.337. The maximum Gasteiger partial charge on any atom is 0.273 e. The van der Waals surface area contributed by atoms with Crippen LogP contribution in [0.25, 0.3) is 0 Å². The molecule has 1 aromatic rings. The fraction of sp³-hybridized carbons (Fsp3) is 0.636. The average molecular weight is 302 g/mol. The molecular weight excluding hydrogens is 284 g/mol. The van der Waals surface area contributed by atoms with Gasteiger partial charge in [-0.15, -0.1) is 0 Å². The van der Waals surface area contributed by atoms with Crippen LogP contribution in [0.4, 0.5) is 0 Å². The largest absolute Gasteiger partial charge is 0.376 e. The van der Waals surface area contributed by atoms with Crippen LogP contribution in [-0.2, 0) is 14.8 Å². The highest BCUT2D eigenvalue weighted by molar-refractivity contribution is 7.89. The number of sulfonamides is 1. The first-order chi connectivity index (χ1) is 9.30. The van der Waals surface area contributed by atoms with Crippen molar-refractivity contribution < 1.29 is 17.9 Å². The van der Waals surface area contributed by atoms with Crippen LogP contribution in [0.15, 0.2) is 4.90 Å². The van der Waals surface area contributed by atoms with Gasteiger partial charge in [0.05, 0.1) is 17.8 Å². The molecule has 1 saturated heterocycles. The zero-order valence-corrected chi connectivity index (χ0v) is 12.2. The van der Waals surface area contributed by atoms with Gasteiger partial charge in [-0.05, 0) is 26.7 Å². The molecule has 0 aromatic carbocycles. The number of aryl methyl sites for hydroxylation is 1. The van der Waals surface area contributed by atoms with Gasteiger partial charge in [-0.1, -0.05) is 0 Å². The molecule has 0 aliphatic carbocycles. The molecule has 2 rings (SSSR count). The van der Waals surface area contributed by atoms with E-state index in [9.17, 15) is 13.2 Å². The molecule has 2 heterocycles. The van der Waals surface area contributed by atoms with Crippen LogP contribution in [0.2, 0.25) is 0 Å². The summed E-state index contributed by atoms with van der Waals surface area (Å²) in [7, 11) is -4.01. The Morgan fingerprint density at radius 3 is 2.85 bits per heavy atom. The Labute approximate surface area is 117 Å². The Kier molecular flexibility index (Phi) is 4.11. The quantitative estimate of drug-likeness (QED) is 0.701. The fourth-order valence-corrected chi connectivity index (χ4v) is 3.17. The van der Waals surface area contributed by atoms with Crippen molar-refractivity contribution in [2.75, 3.05) is 6.61 Å². The van der Waals surface area contributed by atoms with E-state index in [1.54, 1.807) is 0 Å². The highest BCUT2D eigenvalue weighted by atomic mass is 32.2. The van der Waals surface area contributed by atoms with Gasteiger partial charge in [0.25, 0.3) is 5.91 Å². The van der Waals surface area contributed by atoms with Crippen molar-refractivity contribution in [3.63, 3.8) is 0 Å². The molecule has 1 aliphatic rings. The number of H-pyrrole nitrogens is 1. The van der Waals surface area contributed by atoms with Crippen LogP contribution in [0.1, 0.15) is 35.9 Å². The van der Waals surface area contributed by atoms with Gasteiger partial charge in [-0.3, -0.25) is 9.89 Å². The Balaban J connectivity index is 2.18. The molecule has 1 aromatic heterocycles. The second kappa shape index (κ2) is 5.51. The van der Waals surface area contributed by atoms with Crippen molar-refractivity contribution >= 4 is 15.9 Å². The number of primary sulfonamides is 1. The van der Waals surface area contributed by atoms with Gasteiger partial charge >= 0.3 is 0 Å². The lowest BCUT2D eigenvalue weighted by molar-refractivity contribution is 0.0707. The van der Waals surface area contributed by atoms with Crippen LogP contribution in [0.3, 0.4) is 0 Å². The van der Waals surface area contributed by atoms with E-state index in [1.807, 2.05) is 6.92 Å². The zero-order valence-electron chi connectivity index (χ0n) is 11.3. The lowest BCUT2D eigenvalue weighted by atomic mass is 10.1. The fourth-order valence-electron chi connectivity index (χ4n) is 2.29.